The number of esters is 1. The lowest BCUT2D eigenvalue weighted by Crippen LogP contribution is -2.43. The number of nitrogens with zero attached hydrogens (tertiary/aromatic N) is 2. The predicted molar refractivity (Wildman–Crippen MR) is 77.5 cm³/mol. The molecule has 1 rings (SSSR count). The summed E-state index contributed by atoms with van der Waals surface area (Å²) in [5, 5.41) is 2.84. The molecule has 0 saturated heterocycles. The van der Waals surface area contributed by atoms with E-state index in [1.54, 1.807) is 25.9 Å². The van der Waals surface area contributed by atoms with E-state index in [4.69, 9.17) is 4.74 Å². The van der Waals surface area contributed by atoms with Crippen molar-refractivity contribution in [2.45, 2.75) is 32.2 Å². The molecule has 7 nitrogen and oxygen atoms in total. The zero-order valence-electron chi connectivity index (χ0n) is 13.1. The van der Waals surface area contributed by atoms with E-state index in [1.165, 1.54) is 4.90 Å². The van der Waals surface area contributed by atoms with Crippen molar-refractivity contribution in [3.8, 4) is 0 Å². The van der Waals surface area contributed by atoms with Gasteiger partial charge in [0.15, 0.2) is 0 Å². The van der Waals surface area contributed by atoms with Crippen molar-refractivity contribution < 1.29 is 19.1 Å². The Morgan fingerprint density at radius 3 is 2.43 bits per heavy atom. The van der Waals surface area contributed by atoms with Gasteiger partial charge in [0, 0.05) is 19.6 Å². The SMILES string of the molecule is CCOC(=O)CCN(C)CC(=O)N(C)CC(=O)NC1CC1. The average molecular weight is 299 g/mol. The van der Waals surface area contributed by atoms with Gasteiger partial charge in [-0.05, 0) is 26.8 Å². The standard InChI is InChI=1S/C14H25N3O4/c1-4-21-14(20)7-8-16(2)10-13(19)17(3)9-12(18)15-11-5-6-11/h11H,4-10H2,1-3H3,(H,15,18). The molecular formula is C14H25N3O4. The molecule has 1 saturated carbocycles. The molecule has 0 heterocycles. The summed E-state index contributed by atoms with van der Waals surface area (Å²) >= 11 is 0. The van der Waals surface area contributed by atoms with Crippen LogP contribution in [0.4, 0.5) is 0 Å². The zero-order valence-corrected chi connectivity index (χ0v) is 13.1. The largest absolute Gasteiger partial charge is 0.466 e. The smallest absolute Gasteiger partial charge is 0.307 e. The highest BCUT2D eigenvalue weighted by Crippen LogP contribution is 2.18. The first-order chi connectivity index (χ1) is 9.92. The number of rotatable bonds is 9. The lowest BCUT2D eigenvalue weighted by molar-refractivity contribution is -0.144. The highest BCUT2D eigenvalue weighted by molar-refractivity contribution is 5.85. The fourth-order valence-corrected chi connectivity index (χ4v) is 1.75. The minimum absolute atomic E-state index is 0.0705. The molecule has 0 unspecified atom stereocenters. The highest BCUT2D eigenvalue weighted by atomic mass is 16.5. The third-order valence-electron chi connectivity index (χ3n) is 3.16. The molecule has 0 aromatic carbocycles. The summed E-state index contributed by atoms with van der Waals surface area (Å²) < 4.78 is 4.83. The highest BCUT2D eigenvalue weighted by Gasteiger charge is 2.24. The number of nitrogens with one attached hydrogen (secondary N) is 1. The summed E-state index contributed by atoms with van der Waals surface area (Å²) in [6, 6.07) is 0.299. The van der Waals surface area contributed by atoms with Crippen LogP contribution in [0.15, 0.2) is 0 Å². The van der Waals surface area contributed by atoms with Crippen LogP contribution >= 0.6 is 0 Å². The summed E-state index contributed by atoms with van der Waals surface area (Å²) in [5.41, 5.74) is 0. The minimum Gasteiger partial charge on any atom is -0.466 e. The fraction of sp³-hybridized carbons (Fsp3) is 0.786. The first kappa shape index (κ1) is 17.4. The number of hydrogen-bond acceptors (Lipinski definition) is 5. The second kappa shape index (κ2) is 8.61. The average Bonchev–Trinajstić information content (AvgIpc) is 3.20. The summed E-state index contributed by atoms with van der Waals surface area (Å²) in [5.74, 6) is -0.538. The van der Waals surface area contributed by atoms with Crippen LogP contribution in [0.2, 0.25) is 0 Å². The predicted octanol–water partition coefficient (Wildman–Crippen LogP) is -0.392. The van der Waals surface area contributed by atoms with Crippen molar-refractivity contribution in [3.05, 3.63) is 0 Å². The van der Waals surface area contributed by atoms with Crippen LogP contribution in [0.3, 0.4) is 0 Å². The van der Waals surface area contributed by atoms with E-state index in [0.717, 1.165) is 12.8 Å². The summed E-state index contributed by atoms with van der Waals surface area (Å²) in [7, 11) is 3.36. The molecule has 1 fully saturated rings. The number of amides is 2. The molecule has 0 aromatic rings. The van der Waals surface area contributed by atoms with Crippen LogP contribution in [0, 0.1) is 0 Å². The number of ether oxygens (including phenoxy) is 1. The number of hydrogen-bond donors (Lipinski definition) is 1. The molecule has 120 valence electrons. The van der Waals surface area contributed by atoms with Crippen molar-refractivity contribution in [1.82, 2.24) is 15.1 Å². The maximum atomic E-state index is 11.9. The molecule has 0 aromatic heterocycles. The Morgan fingerprint density at radius 1 is 1.19 bits per heavy atom. The second-order valence-corrected chi connectivity index (χ2v) is 5.38. The summed E-state index contributed by atoms with van der Waals surface area (Å²) in [4.78, 5) is 37.9. The van der Waals surface area contributed by atoms with Crippen LogP contribution in [0.1, 0.15) is 26.2 Å². The second-order valence-electron chi connectivity index (χ2n) is 5.38. The Hall–Kier alpha value is -1.63. The van der Waals surface area contributed by atoms with E-state index in [0.29, 0.717) is 19.2 Å². The first-order valence-corrected chi connectivity index (χ1v) is 7.29. The van der Waals surface area contributed by atoms with Gasteiger partial charge >= 0.3 is 5.97 Å². The van der Waals surface area contributed by atoms with Gasteiger partial charge in [-0.2, -0.15) is 0 Å². The van der Waals surface area contributed by atoms with Crippen molar-refractivity contribution in [1.29, 1.82) is 0 Å². The minimum atomic E-state index is -0.269. The monoisotopic (exact) mass is 299 g/mol. The van der Waals surface area contributed by atoms with Gasteiger partial charge in [-0.1, -0.05) is 0 Å². The van der Waals surface area contributed by atoms with E-state index in [2.05, 4.69) is 5.32 Å². The summed E-state index contributed by atoms with van der Waals surface area (Å²) in [6.07, 6.45) is 2.31. The number of carbonyl (C=O) groups excluding carboxylic acids is 3. The molecule has 1 aliphatic rings. The van der Waals surface area contributed by atoms with Gasteiger partial charge in [-0.3, -0.25) is 19.3 Å². The molecule has 21 heavy (non-hydrogen) atoms. The van der Waals surface area contributed by atoms with Crippen LogP contribution in [-0.2, 0) is 19.1 Å². The van der Waals surface area contributed by atoms with Gasteiger partial charge in [-0.25, -0.2) is 0 Å². The van der Waals surface area contributed by atoms with Gasteiger partial charge in [0.1, 0.15) is 0 Å². The topological polar surface area (TPSA) is 79.0 Å². The van der Waals surface area contributed by atoms with E-state index in [1.807, 2.05) is 0 Å². The Bertz CT molecular complexity index is 382. The Labute approximate surface area is 125 Å². The van der Waals surface area contributed by atoms with Crippen LogP contribution in [0.5, 0.6) is 0 Å². The van der Waals surface area contributed by atoms with Crippen molar-refractivity contribution in [2.24, 2.45) is 0 Å². The molecule has 0 aliphatic heterocycles. The first-order valence-electron chi connectivity index (χ1n) is 7.29. The quantitative estimate of drug-likeness (QED) is 0.587. The lowest BCUT2D eigenvalue weighted by Gasteiger charge is -2.21. The third kappa shape index (κ3) is 7.65. The van der Waals surface area contributed by atoms with Crippen LogP contribution in [0.25, 0.3) is 0 Å². The molecule has 7 heteroatoms. The molecule has 2 amide bonds. The van der Waals surface area contributed by atoms with E-state index in [9.17, 15) is 14.4 Å². The molecule has 0 bridgehead atoms. The van der Waals surface area contributed by atoms with Gasteiger partial charge in [-0.15, -0.1) is 0 Å². The van der Waals surface area contributed by atoms with E-state index in [-0.39, 0.29) is 37.3 Å². The van der Waals surface area contributed by atoms with E-state index < -0.39 is 0 Å². The van der Waals surface area contributed by atoms with Gasteiger partial charge in [0.25, 0.3) is 0 Å². The summed E-state index contributed by atoms with van der Waals surface area (Å²) in [6.45, 7) is 2.81. The fourth-order valence-electron chi connectivity index (χ4n) is 1.75. The molecule has 0 atom stereocenters. The number of likely N-dealkylation sites (N-methyl/N-ethyl adjacent to an activating group) is 2. The molecular weight excluding hydrogens is 274 g/mol. The van der Waals surface area contributed by atoms with Gasteiger partial charge < -0.3 is 15.0 Å². The molecule has 0 radical (unpaired) electrons. The van der Waals surface area contributed by atoms with Crippen molar-refractivity contribution in [2.75, 3.05) is 40.3 Å². The molecule has 1 N–H and O–H groups in total. The van der Waals surface area contributed by atoms with Crippen molar-refractivity contribution in [3.63, 3.8) is 0 Å². The zero-order chi connectivity index (χ0) is 15.8. The Morgan fingerprint density at radius 2 is 1.86 bits per heavy atom. The lowest BCUT2D eigenvalue weighted by atomic mass is 10.3. The number of carbonyl (C=O) groups is 3. The Balaban J connectivity index is 2.20. The van der Waals surface area contributed by atoms with Gasteiger partial charge in [0.2, 0.25) is 11.8 Å². The maximum Gasteiger partial charge on any atom is 0.307 e. The molecule has 1 aliphatic carbocycles. The van der Waals surface area contributed by atoms with Crippen LogP contribution < -0.4 is 5.32 Å². The van der Waals surface area contributed by atoms with Gasteiger partial charge in [0.05, 0.1) is 26.1 Å². The van der Waals surface area contributed by atoms with E-state index >= 15 is 0 Å². The molecule has 0 spiro atoms. The Kier molecular flexibility index (Phi) is 7.14. The van der Waals surface area contributed by atoms with Crippen molar-refractivity contribution >= 4 is 17.8 Å². The normalized spacial score (nSPS) is 13.9. The third-order valence-corrected chi connectivity index (χ3v) is 3.16. The van der Waals surface area contributed by atoms with Crippen LogP contribution in [-0.4, -0.2) is 74.0 Å². The maximum absolute atomic E-state index is 11.9.